The second-order valence-electron chi connectivity index (χ2n) is 4.30. The molecule has 0 radical (unpaired) electrons. The maximum Gasteiger partial charge on any atom is 0.273 e. The molecule has 2 aromatic rings. The van der Waals surface area contributed by atoms with Crippen molar-refractivity contribution in [1.82, 2.24) is 20.3 Å². The van der Waals surface area contributed by atoms with Gasteiger partial charge in [0.2, 0.25) is 0 Å². The highest BCUT2D eigenvalue weighted by atomic mass is 32.2. The van der Waals surface area contributed by atoms with Crippen LogP contribution in [0, 0.1) is 0 Å². The highest BCUT2D eigenvalue weighted by molar-refractivity contribution is 7.99. The predicted octanol–water partition coefficient (Wildman–Crippen LogP) is 1.11. The number of rotatable bonds is 8. The van der Waals surface area contributed by atoms with E-state index in [1.54, 1.807) is 11.8 Å². The molecule has 112 valence electrons. The van der Waals surface area contributed by atoms with Gasteiger partial charge in [0, 0.05) is 18.9 Å². The topological polar surface area (TPSA) is 80.0 Å². The average molecular weight is 306 g/mol. The summed E-state index contributed by atoms with van der Waals surface area (Å²) in [4.78, 5) is 13.3. The Balaban J connectivity index is 1.80. The van der Waals surface area contributed by atoms with Gasteiger partial charge in [0.15, 0.2) is 5.69 Å². The minimum atomic E-state index is -0.222. The largest absolute Gasteiger partial charge is 0.396 e. The quantitative estimate of drug-likeness (QED) is 0.714. The van der Waals surface area contributed by atoms with Gasteiger partial charge in [-0.2, -0.15) is 21.7 Å². The minimum absolute atomic E-state index is 0.210. The summed E-state index contributed by atoms with van der Waals surface area (Å²) >= 11 is 1.70. The third kappa shape index (κ3) is 4.87. The van der Waals surface area contributed by atoms with Crippen LogP contribution in [0.3, 0.4) is 0 Å². The van der Waals surface area contributed by atoms with E-state index in [0.29, 0.717) is 12.2 Å². The Morgan fingerprint density at radius 1 is 1.29 bits per heavy atom. The number of nitrogens with zero attached hydrogens (tertiary/aromatic N) is 3. The van der Waals surface area contributed by atoms with Gasteiger partial charge in [-0.1, -0.05) is 18.2 Å². The zero-order chi connectivity index (χ0) is 14.9. The van der Waals surface area contributed by atoms with Crippen molar-refractivity contribution in [3.8, 4) is 5.69 Å². The normalized spacial score (nSPS) is 10.5. The number of para-hydroxylation sites is 1. The Kier molecular flexibility index (Phi) is 6.23. The number of aliphatic hydroxyl groups is 1. The van der Waals surface area contributed by atoms with Crippen LogP contribution in [-0.2, 0) is 0 Å². The van der Waals surface area contributed by atoms with E-state index in [-0.39, 0.29) is 12.5 Å². The van der Waals surface area contributed by atoms with E-state index in [9.17, 15) is 4.79 Å². The summed E-state index contributed by atoms with van der Waals surface area (Å²) in [6, 6.07) is 9.44. The Hall–Kier alpha value is -1.86. The van der Waals surface area contributed by atoms with Crippen molar-refractivity contribution in [3.63, 3.8) is 0 Å². The van der Waals surface area contributed by atoms with Crippen LogP contribution in [-0.4, -0.2) is 50.7 Å². The molecule has 0 fully saturated rings. The molecule has 0 aliphatic carbocycles. The number of hydrogen-bond donors (Lipinski definition) is 2. The summed E-state index contributed by atoms with van der Waals surface area (Å²) in [5.41, 5.74) is 1.12. The van der Waals surface area contributed by atoms with Crippen molar-refractivity contribution in [2.24, 2.45) is 0 Å². The summed E-state index contributed by atoms with van der Waals surface area (Å²) in [5.74, 6) is 1.50. The lowest BCUT2D eigenvalue weighted by molar-refractivity contribution is 0.0951. The fraction of sp³-hybridized carbons (Fsp3) is 0.357. The van der Waals surface area contributed by atoms with E-state index >= 15 is 0 Å². The predicted molar refractivity (Wildman–Crippen MR) is 82.7 cm³/mol. The highest BCUT2D eigenvalue weighted by Crippen LogP contribution is 2.04. The van der Waals surface area contributed by atoms with Gasteiger partial charge in [0.1, 0.15) is 0 Å². The van der Waals surface area contributed by atoms with Gasteiger partial charge < -0.3 is 10.4 Å². The molecule has 6 nitrogen and oxygen atoms in total. The first-order chi connectivity index (χ1) is 10.3. The molecule has 2 rings (SSSR count). The lowest BCUT2D eigenvalue weighted by Gasteiger charge is -2.02. The Labute approximate surface area is 127 Å². The summed E-state index contributed by atoms with van der Waals surface area (Å²) in [5, 5.41) is 19.7. The summed E-state index contributed by atoms with van der Waals surface area (Å²) in [6.45, 7) is 0.787. The van der Waals surface area contributed by atoms with Gasteiger partial charge in [-0.3, -0.25) is 4.79 Å². The number of hydrogen-bond acceptors (Lipinski definition) is 5. The molecule has 0 atom stereocenters. The van der Waals surface area contributed by atoms with E-state index in [4.69, 9.17) is 5.11 Å². The van der Waals surface area contributed by atoms with Gasteiger partial charge in [0.05, 0.1) is 11.9 Å². The van der Waals surface area contributed by atoms with Crippen LogP contribution in [0.2, 0.25) is 0 Å². The first kappa shape index (κ1) is 15.5. The number of benzene rings is 1. The third-order valence-electron chi connectivity index (χ3n) is 2.69. The monoisotopic (exact) mass is 306 g/mol. The fourth-order valence-corrected chi connectivity index (χ4v) is 2.43. The molecule has 1 aromatic carbocycles. The lowest BCUT2D eigenvalue weighted by atomic mass is 10.3. The van der Waals surface area contributed by atoms with Crippen LogP contribution in [0.15, 0.2) is 36.5 Å². The lowest BCUT2D eigenvalue weighted by Crippen LogP contribution is -2.26. The highest BCUT2D eigenvalue weighted by Gasteiger charge is 2.10. The first-order valence-electron chi connectivity index (χ1n) is 6.76. The second kappa shape index (κ2) is 8.43. The molecular formula is C14H18N4O2S. The summed E-state index contributed by atoms with van der Waals surface area (Å²) in [7, 11) is 0. The summed E-state index contributed by atoms with van der Waals surface area (Å²) < 4.78 is 0. The average Bonchev–Trinajstić information content (AvgIpc) is 3.01. The number of thioether (sulfide) groups is 1. The van der Waals surface area contributed by atoms with Crippen LogP contribution in [0.25, 0.3) is 5.69 Å². The molecule has 1 heterocycles. The zero-order valence-corrected chi connectivity index (χ0v) is 12.4. The van der Waals surface area contributed by atoms with E-state index in [1.807, 2.05) is 30.3 Å². The van der Waals surface area contributed by atoms with Gasteiger partial charge in [0.25, 0.3) is 5.91 Å². The Morgan fingerprint density at radius 2 is 2.10 bits per heavy atom. The fourth-order valence-electron chi connectivity index (χ4n) is 1.65. The number of amides is 1. The Morgan fingerprint density at radius 3 is 2.86 bits per heavy atom. The molecule has 0 bridgehead atoms. The molecular weight excluding hydrogens is 288 g/mol. The summed E-state index contributed by atoms with van der Waals surface area (Å²) in [6.07, 6.45) is 2.24. The van der Waals surface area contributed by atoms with Crippen LogP contribution in [0.1, 0.15) is 16.9 Å². The molecule has 7 heteroatoms. The molecule has 0 spiro atoms. The third-order valence-corrected chi connectivity index (χ3v) is 3.76. The van der Waals surface area contributed by atoms with Crippen molar-refractivity contribution in [2.45, 2.75) is 6.42 Å². The molecule has 0 aliphatic heterocycles. The molecule has 0 saturated carbocycles. The number of aromatic nitrogens is 3. The van der Waals surface area contributed by atoms with Gasteiger partial charge in [-0.25, -0.2) is 0 Å². The molecule has 0 saturated heterocycles. The number of aliphatic hydroxyl groups excluding tert-OH is 1. The van der Waals surface area contributed by atoms with E-state index in [2.05, 4.69) is 15.5 Å². The van der Waals surface area contributed by atoms with Crippen LogP contribution < -0.4 is 5.32 Å². The van der Waals surface area contributed by atoms with Gasteiger partial charge >= 0.3 is 0 Å². The molecule has 21 heavy (non-hydrogen) atoms. The smallest absolute Gasteiger partial charge is 0.273 e. The number of carbonyl (C=O) groups is 1. The van der Waals surface area contributed by atoms with Gasteiger partial charge in [-0.05, 0) is 24.3 Å². The van der Waals surface area contributed by atoms with Crippen molar-refractivity contribution >= 4 is 17.7 Å². The maximum atomic E-state index is 11.9. The van der Waals surface area contributed by atoms with Crippen LogP contribution in [0.4, 0.5) is 0 Å². The number of nitrogens with one attached hydrogen (secondary N) is 1. The SMILES string of the molecule is O=C(NCCSCCCO)c1cnn(-c2ccccc2)n1. The standard InChI is InChI=1S/C14H18N4O2S/c19-8-4-9-21-10-7-15-14(20)13-11-16-18(17-13)12-5-2-1-3-6-12/h1-3,5-6,11,19H,4,7-10H2,(H,15,20). The van der Waals surface area contributed by atoms with Crippen LogP contribution >= 0.6 is 11.8 Å². The molecule has 2 N–H and O–H groups in total. The van der Waals surface area contributed by atoms with Gasteiger partial charge in [-0.15, -0.1) is 5.10 Å². The van der Waals surface area contributed by atoms with E-state index < -0.39 is 0 Å². The zero-order valence-electron chi connectivity index (χ0n) is 11.6. The van der Waals surface area contributed by atoms with E-state index in [0.717, 1.165) is 23.6 Å². The minimum Gasteiger partial charge on any atom is -0.396 e. The Bertz CT molecular complexity index is 559. The molecule has 0 unspecified atom stereocenters. The van der Waals surface area contributed by atoms with Crippen molar-refractivity contribution in [3.05, 3.63) is 42.2 Å². The van der Waals surface area contributed by atoms with Crippen molar-refractivity contribution < 1.29 is 9.90 Å². The van der Waals surface area contributed by atoms with Crippen molar-refractivity contribution in [2.75, 3.05) is 24.7 Å². The maximum absolute atomic E-state index is 11.9. The van der Waals surface area contributed by atoms with E-state index in [1.165, 1.54) is 11.0 Å². The first-order valence-corrected chi connectivity index (χ1v) is 7.91. The number of carbonyl (C=O) groups excluding carboxylic acids is 1. The molecule has 0 aliphatic rings. The molecule has 1 aromatic heterocycles. The molecule has 1 amide bonds. The second-order valence-corrected chi connectivity index (χ2v) is 5.52. The van der Waals surface area contributed by atoms with Crippen LogP contribution in [0.5, 0.6) is 0 Å². The van der Waals surface area contributed by atoms with Crippen molar-refractivity contribution in [1.29, 1.82) is 0 Å².